The third-order valence-electron chi connectivity index (χ3n) is 10.9. The number of anilines is 5. The minimum absolute atomic E-state index is 0.0439. The summed E-state index contributed by atoms with van der Waals surface area (Å²) in [6.07, 6.45) is 4.13. The molecule has 314 valence electrons. The fraction of sp³-hybridized carbons (Fsp3) is 0.357. The number of benzene rings is 3. The van der Waals surface area contributed by atoms with Gasteiger partial charge in [-0.3, -0.25) is 34.2 Å². The van der Waals surface area contributed by atoms with Crippen molar-refractivity contribution in [1.82, 2.24) is 25.1 Å². The van der Waals surface area contributed by atoms with Gasteiger partial charge in [-0.15, -0.1) is 11.8 Å². The van der Waals surface area contributed by atoms with Crippen LogP contribution in [0.2, 0.25) is 5.02 Å². The quantitative estimate of drug-likeness (QED) is 0.0558. The highest BCUT2D eigenvalue weighted by Crippen LogP contribution is 2.39. The summed E-state index contributed by atoms with van der Waals surface area (Å²) in [5.74, 6) is -0.293. The molecule has 3 aliphatic rings. The predicted molar refractivity (Wildman–Crippen MR) is 233 cm³/mol. The summed E-state index contributed by atoms with van der Waals surface area (Å²) in [6.45, 7) is 4.91. The number of ether oxygens (including phenoxy) is 1. The Labute approximate surface area is 357 Å². The second-order valence-electron chi connectivity index (χ2n) is 15.2. The zero-order chi connectivity index (χ0) is 42.7. The first-order valence-corrected chi connectivity index (χ1v) is 23.6. The lowest BCUT2D eigenvalue weighted by Crippen LogP contribution is -2.54. The molecule has 0 saturated carbocycles. The maximum Gasteiger partial charge on any atom is 0.263 e. The van der Waals surface area contributed by atoms with Gasteiger partial charge in [0.15, 0.2) is 5.82 Å². The Morgan fingerprint density at radius 3 is 2.50 bits per heavy atom. The van der Waals surface area contributed by atoms with E-state index < -0.39 is 36.8 Å². The standard InChI is InChI=1S/C42H46ClN8O7PS/c1-49(36(53)13-8-22-60-34-12-7-9-27-37(34)41(56)51(40(27)55)31-16-17-35(52)47-39(31)54)25-18-20-50(21-19-25)26-14-15-29(32(23-26)58-2)46-42-44-24-28(43)38(48-42)45-30-10-5-6-11-33(30)59(3,4)57/h5-7,9-12,14-15,23-25,31H,8,13,16-22H2,1-4H3,(H,47,52,54)(H2,44,45,46,48). The number of imide groups is 2. The van der Waals surface area contributed by atoms with Gasteiger partial charge in [0.2, 0.25) is 23.7 Å². The molecule has 0 aliphatic carbocycles. The Hall–Kier alpha value is -5.44. The van der Waals surface area contributed by atoms with Crippen molar-refractivity contribution < 1.29 is 33.3 Å². The van der Waals surface area contributed by atoms with Crippen molar-refractivity contribution in [2.24, 2.45) is 0 Å². The number of fused-ring (bicyclic) bond motifs is 1. The van der Waals surface area contributed by atoms with Gasteiger partial charge in [0.1, 0.15) is 24.0 Å². The molecule has 3 N–H and O–H groups in total. The minimum Gasteiger partial charge on any atom is -0.494 e. The molecule has 4 heterocycles. The van der Waals surface area contributed by atoms with E-state index in [4.69, 9.17) is 16.3 Å². The average molecular weight is 873 g/mol. The van der Waals surface area contributed by atoms with E-state index in [1.165, 1.54) is 18.0 Å². The van der Waals surface area contributed by atoms with Gasteiger partial charge in [0.05, 0.1) is 35.8 Å². The van der Waals surface area contributed by atoms with Gasteiger partial charge in [-0.05, 0) is 81.2 Å². The van der Waals surface area contributed by atoms with Gasteiger partial charge < -0.3 is 29.7 Å². The molecule has 1 atom stereocenters. The number of hydrogen-bond donors (Lipinski definition) is 3. The summed E-state index contributed by atoms with van der Waals surface area (Å²) in [5.41, 5.74) is 2.80. The molecule has 60 heavy (non-hydrogen) atoms. The summed E-state index contributed by atoms with van der Waals surface area (Å²) in [4.78, 5) is 78.6. The Kier molecular flexibility index (Phi) is 12.8. The second-order valence-corrected chi connectivity index (χ2v) is 19.9. The normalized spacial score (nSPS) is 17.1. The first kappa shape index (κ1) is 42.7. The minimum atomic E-state index is -2.57. The fourth-order valence-corrected chi connectivity index (χ4v) is 10.0. The monoisotopic (exact) mass is 872 g/mol. The second kappa shape index (κ2) is 18.0. The van der Waals surface area contributed by atoms with Gasteiger partial charge in [-0.1, -0.05) is 29.8 Å². The lowest BCUT2D eigenvalue weighted by atomic mass is 10.0. The number of para-hydroxylation sites is 1. The summed E-state index contributed by atoms with van der Waals surface area (Å²) < 4.78 is 18.7. The van der Waals surface area contributed by atoms with Gasteiger partial charge >= 0.3 is 0 Å². The molecule has 15 nitrogen and oxygen atoms in total. The van der Waals surface area contributed by atoms with E-state index in [9.17, 15) is 28.5 Å². The maximum absolute atomic E-state index is 13.4. The van der Waals surface area contributed by atoms with Crippen LogP contribution < -0.4 is 30.9 Å². The molecular weight excluding hydrogens is 827 g/mol. The lowest BCUT2D eigenvalue weighted by molar-refractivity contribution is -0.136. The van der Waals surface area contributed by atoms with E-state index in [0.29, 0.717) is 62.7 Å². The molecule has 0 spiro atoms. The number of aromatic nitrogens is 2. The number of nitrogens with zero attached hydrogens (tertiary/aromatic N) is 5. The van der Waals surface area contributed by atoms with Crippen LogP contribution in [0.3, 0.4) is 0 Å². The van der Waals surface area contributed by atoms with Crippen LogP contribution >= 0.6 is 30.5 Å². The third-order valence-corrected chi connectivity index (χ3v) is 13.9. The summed E-state index contributed by atoms with van der Waals surface area (Å²) in [6, 6.07) is 17.3. The zero-order valence-electron chi connectivity index (χ0n) is 33.7. The Bertz CT molecular complexity index is 2410. The number of halogens is 1. The summed E-state index contributed by atoms with van der Waals surface area (Å²) in [7, 11) is 0.873. The molecular formula is C42H46ClN8O7PS. The number of amides is 5. The number of piperidine rings is 2. The first-order valence-electron chi connectivity index (χ1n) is 19.6. The average Bonchev–Trinajstić information content (AvgIpc) is 3.49. The highest BCUT2D eigenvalue weighted by Gasteiger charge is 2.45. The number of rotatable bonds is 14. The summed E-state index contributed by atoms with van der Waals surface area (Å²) >= 11 is 7.86. The van der Waals surface area contributed by atoms with Crippen molar-refractivity contribution in [3.8, 4) is 5.75 Å². The van der Waals surface area contributed by atoms with Gasteiger partial charge in [-0.2, -0.15) is 4.98 Å². The fourth-order valence-electron chi connectivity index (χ4n) is 7.69. The van der Waals surface area contributed by atoms with Crippen LogP contribution in [0.1, 0.15) is 59.2 Å². The van der Waals surface area contributed by atoms with E-state index in [1.807, 2.05) is 54.4 Å². The predicted octanol–water partition coefficient (Wildman–Crippen LogP) is 6.27. The van der Waals surface area contributed by atoms with Crippen LogP contribution in [-0.2, 0) is 18.9 Å². The molecule has 1 aromatic heterocycles. The van der Waals surface area contributed by atoms with Crippen molar-refractivity contribution in [2.45, 2.75) is 55.5 Å². The maximum atomic E-state index is 13.4. The van der Waals surface area contributed by atoms with Crippen LogP contribution in [0, 0.1) is 0 Å². The van der Waals surface area contributed by atoms with Crippen molar-refractivity contribution in [2.75, 3.05) is 61.9 Å². The molecule has 0 radical (unpaired) electrons. The molecule has 5 amide bonds. The van der Waals surface area contributed by atoms with E-state index in [0.717, 1.165) is 36.5 Å². The van der Waals surface area contributed by atoms with Crippen molar-refractivity contribution in [3.05, 3.63) is 83.0 Å². The zero-order valence-corrected chi connectivity index (χ0v) is 36.2. The van der Waals surface area contributed by atoms with Crippen LogP contribution in [0.25, 0.3) is 0 Å². The smallest absolute Gasteiger partial charge is 0.263 e. The van der Waals surface area contributed by atoms with Gasteiger partial charge in [0.25, 0.3) is 11.8 Å². The highest BCUT2D eigenvalue weighted by atomic mass is 35.5. The van der Waals surface area contributed by atoms with Crippen LogP contribution in [0.15, 0.2) is 71.8 Å². The third kappa shape index (κ3) is 9.15. The number of carbonyl (C=O) groups excluding carboxylic acids is 5. The van der Waals surface area contributed by atoms with E-state index in [1.54, 1.807) is 38.6 Å². The molecule has 4 aromatic rings. The van der Waals surface area contributed by atoms with Crippen LogP contribution in [0.4, 0.5) is 28.8 Å². The first-order chi connectivity index (χ1) is 28.7. The van der Waals surface area contributed by atoms with E-state index in [2.05, 4.69) is 30.8 Å². The Balaban J connectivity index is 0.899. The molecule has 2 saturated heterocycles. The number of carbonyl (C=O) groups is 5. The van der Waals surface area contributed by atoms with Crippen molar-refractivity contribution in [1.29, 1.82) is 0 Å². The number of hydrogen-bond acceptors (Lipinski definition) is 13. The lowest BCUT2D eigenvalue weighted by Gasteiger charge is -2.38. The van der Waals surface area contributed by atoms with Crippen LogP contribution in [-0.4, -0.2) is 108 Å². The molecule has 0 bridgehead atoms. The largest absolute Gasteiger partial charge is 0.494 e. The van der Waals surface area contributed by atoms with Gasteiger partial charge in [0, 0.05) is 61.0 Å². The van der Waals surface area contributed by atoms with E-state index in [-0.39, 0.29) is 35.9 Å². The summed E-state index contributed by atoms with van der Waals surface area (Å²) in [5, 5.41) is 9.67. The van der Waals surface area contributed by atoms with E-state index >= 15 is 0 Å². The molecule has 3 aliphatic heterocycles. The molecule has 18 heteroatoms. The highest BCUT2D eigenvalue weighted by molar-refractivity contribution is 7.99. The SMILES string of the molecule is COc1cc(N2CCC(N(C)C(=O)CCCSc3cccc4c3C(=O)N(C3CCC(=O)NC3=O)C4=O)CC2)ccc1Nc1ncc(Cl)c(Nc2ccccc2P(C)(C)=O)n1. The number of methoxy groups -OCH3 is 1. The molecule has 1 unspecified atom stereocenters. The topological polar surface area (TPSA) is 183 Å². The van der Waals surface area contributed by atoms with Crippen molar-refractivity contribution >= 4 is 94.2 Å². The van der Waals surface area contributed by atoms with Crippen molar-refractivity contribution in [3.63, 3.8) is 0 Å². The Morgan fingerprint density at radius 2 is 1.77 bits per heavy atom. The van der Waals surface area contributed by atoms with Gasteiger partial charge in [-0.25, -0.2) is 4.98 Å². The van der Waals surface area contributed by atoms with Crippen LogP contribution in [0.5, 0.6) is 5.75 Å². The molecule has 2 fully saturated rings. The molecule has 3 aromatic carbocycles. The Morgan fingerprint density at radius 1 is 1.00 bits per heavy atom. The number of nitrogens with one attached hydrogen (secondary N) is 3. The number of thioether (sulfide) groups is 1. The molecule has 7 rings (SSSR count).